The number of carbonyl (C=O) groups is 1. The van der Waals surface area contributed by atoms with Crippen LogP contribution < -0.4 is 10.1 Å². The molecular weight excluding hydrogens is 269 g/mol. The van der Waals surface area contributed by atoms with Gasteiger partial charge in [-0.3, -0.25) is 4.79 Å². The Labute approximate surface area is 114 Å². The first-order chi connectivity index (χ1) is 9.16. The van der Waals surface area contributed by atoms with Gasteiger partial charge in [0.1, 0.15) is 11.6 Å². The second kappa shape index (κ2) is 4.55. The molecule has 1 amide bonds. The standard InChI is InChI=1S/C14H9ClFNO2/c15-9-5-3-6-10(16)12(9)14-17-13(18)8-4-1-2-7-11(8)19-14/h1-7,14H,(H,17,18)/t14-/m1/s1. The van der Waals surface area contributed by atoms with Crippen molar-refractivity contribution in [2.45, 2.75) is 6.23 Å². The number of rotatable bonds is 1. The fourth-order valence-electron chi connectivity index (χ4n) is 2.00. The van der Waals surface area contributed by atoms with E-state index in [4.69, 9.17) is 16.3 Å². The molecule has 0 unspecified atom stereocenters. The molecule has 2 aromatic carbocycles. The molecule has 1 aliphatic heterocycles. The Morgan fingerprint density at radius 3 is 2.74 bits per heavy atom. The lowest BCUT2D eigenvalue weighted by molar-refractivity contribution is 0.0750. The molecule has 0 saturated carbocycles. The third-order valence-electron chi connectivity index (χ3n) is 2.90. The van der Waals surface area contributed by atoms with Gasteiger partial charge in [-0.05, 0) is 24.3 Å². The number of amides is 1. The van der Waals surface area contributed by atoms with E-state index in [1.807, 2.05) is 0 Å². The van der Waals surface area contributed by atoms with Crippen LogP contribution in [-0.2, 0) is 0 Å². The lowest BCUT2D eigenvalue weighted by atomic mass is 10.1. The molecule has 0 aliphatic carbocycles. The number of hydrogen-bond acceptors (Lipinski definition) is 2. The van der Waals surface area contributed by atoms with Crippen molar-refractivity contribution in [2.75, 3.05) is 0 Å². The Bertz CT molecular complexity index is 639. The van der Waals surface area contributed by atoms with Gasteiger partial charge in [0.25, 0.3) is 5.91 Å². The van der Waals surface area contributed by atoms with Gasteiger partial charge in [-0.25, -0.2) is 4.39 Å². The number of carbonyl (C=O) groups excluding carboxylic acids is 1. The van der Waals surface area contributed by atoms with Crippen LogP contribution in [0.5, 0.6) is 5.75 Å². The molecule has 0 aromatic heterocycles. The van der Waals surface area contributed by atoms with Gasteiger partial charge < -0.3 is 10.1 Å². The van der Waals surface area contributed by atoms with Gasteiger partial charge in [0.2, 0.25) is 6.23 Å². The van der Waals surface area contributed by atoms with Gasteiger partial charge in [-0.1, -0.05) is 29.8 Å². The number of para-hydroxylation sites is 1. The molecule has 3 rings (SSSR count). The maximum absolute atomic E-state index is 13.8. The largest absolute Gasteiger partial charge is 0.465 e. The summed E-state index contributed by atoms with van der Waals surface area (Å²) in [6.07, 6.45) is -0.920. The topological polar surface area (TPSA) is 38.3 Å². The fraction of sp³-hybridized carbons (Fsp3) is 0.0714. The quantitative estimate of drug-likeness (QED) is 0.868. The molecule has 0 fully saturated rings. The molecule has 0 saturated heterocycles. The van der Waals surface area contributed by atoms with Crippen molar-refractivity contribution in [3.8, 4) is 5.75 Å². The van der Waals surface area contributed by atoms with E-state index >= 15 is 0 Å². The van der Waals surface area contributed by atoms with Crippen molar-refractivity contribution in [3.05, 3.63) is 64.4 Å². The van der Waals surface area contributed by atoms with Crippen molar-refractivity contribution in [2.24, 2.45) is 0 Å². The van der Waals surface area contributed by atoms with E-state index < -0.39 is 12.0 Å². The highest BCUT2D eigenvalue weighted by Gasteiger charge is 2.29. The first-order valence-corrected chi connectivity index (χ1v) is 6.05. The van der Waals surface area contributed by atoms with Gasteiger partial charge in [0.05, 0.1) is 16.1 Å². The molecule has 0 bridgehead atoms. The number of nitrogens with one attached hydrogen (secondary N) is 1. The predicted octanol–water partition coefficient (Wildman–Crippen LogP) is 3.30. The Morgan fingerprint density at radius 1 is 1.16 bits per heavy atom. The lowest BCUT2D eigenvalue weighted by Gasteiger charge is -2.27. The highest BCUT2D eigenvalue weighted by molar-refractivity contribution is 6.31. The smallest absolute Gasteiger partial charge is 0.258 e. The van der Waals surface area contributed by atoms with Crippen LogP contribution in [-0.4, -0.2) is 5.91 Å². The molecule has 19 heavy (non-hydrogen) atoms. The average Bonchev–Trinajstić information content (AvgIpc) is 2.38. The Kier molecular flexibility index (Phi) is 2.87. The summed E-state index contributed by atoms with van der Waals surface area (Å²) in [6, 6.07) is 11.1. The fourth-order valence-corrected chi connectivity index (χ4v) is 2.26. The second-order valence-electron chi connectivity index (χ2n) is 4.10. The van der Waals surface area contributed by atoms with Crippen LogP contribution in [0.3, 0.4) is 0 Å². The zero-order chi connectivity index (χ0) is 13.4. The lowest BCUT2D eigenvalue weighted by Crippen LogP contribution is -2.37. The van der Waals surface area contributed by atoms with Crippen LogP contribution in [0.15, 0.2) is 42.5 Å². The summed E-state index contributed by atoms with van der Waals surface area (Å²) >= 11 is 5.97. The predicted molar refractivity (Wildman–Crippen MR) is 68.7 cm³/mol. The zero-order valence-corrected chi connectivity index (χ0v) is 10.4. The molecule has 3 nitrogen and oxygen atoms in total. The van der Waals surface area contributed by atoms with Crippen molar-refractivity contribution < 1.29 is 13.9 Å². The number of hydrogen-bond donors (Lipinski definition) is 1. The summed E-state index contributed by atoms with van der Waals surface area (Å²) in [5, 5.41) is 2.80. The summed E-state index contributed by atoms with van der Waals surface area (Å²) in [4.78, 5) is 11.9. The van der Waals surface area contributed by atoms with E-state index in [2.05, 4.69) is 5.32 Å². The van der Waals surface area contributed by atoms with E-state index in [1.54, 1.807) is 30.3 Å². The molecule has 1 aliphatic rings. The van der Waals surface area contributed by atoms with Crippen molar-refractivity contribution in [3.63, 3.8) is 0 Å². The zero-order valence-electron chi connectivity index (χ0n) is 9.69. The number of benzene rings is 2. The highest BCUT2D eigenvalue weighted by Crippen LogP contribution is 2.33. The molecule has 0 spiro atoms. The molecule has 96 valence electrons. The van der Waals surface area contributed by atoms with E-state index in [-0.39, 0.29) is 16.5 Å². The van der Waals surface area contributed by atoms with Crippen LogP contribution in [0.25, 0.3) is 0 Å². The number of ether oxygens (including phenoxy) is 1. The Balaban J connectivity index is 2.04. The Hall–Kier alpha value is -2.07. The van der Waals surface area contributed by atoms with E-state index in [0.717, 1.165) is 0 Å². The van der Waals surface area contributed by atoms with E-state index in [0.29, 0.717) is 11.3 Å². The molecule has 1 heterocycles. The van der Waals surface area contributed by atoms with Crippen LogP contribution in [0.2, 0.25) is 5.02 Å². The molecule has 5 heteroatoms. The van der Waals surface area contributed by atoms with Crippen LogP contribution in [0, 0.1) is 5.82 Å². The summed E-state index contributed by atoms with van der Waals surface area (Å²) in [5.74, 6) is -0.418. The van der Waals surface area contributed by atoms with E-state index in [1.165, 1.54) is 12.1 Å². The van der Waals surface area contributed by atoms with Crippen molar-refractivity contribution in [1.29, 1.82) is 0 Å². The third-order valence-corrected chi connectivity index (χ3v) is 3.23. The Morgan fingerprint density at radius 2 is 1.95 bits per heavy atom. The van der Waals surface area contributed by atoms with Crippen LogP contribution >= 0.6 is 11.6 Å². The third kappa shape index (κ3) is 2.04. The number of fused-ring (bicyclic) bond motifs is 1. The SMILES string of the molecule is O=C1N[C@@H](c2c(F)cccc2Cl)Oc2ccccc21. The number of halogens is 2. The van der Waals surface area contributed by atoms with E-state index in [9.17, 15) is 9.18 Å². The monoisotopic (exact) mass is 277 g/mol. The second-order valence-corrected chi connectivity index (χ2v) is 4.51. The molecule has 1 N–H and O–H groups in total. The summed E-state index contributed by atoms with van der Waals surface area (Å²) in [5.41, 5.74) is 0.554. The average molecular weight is 278 g/mol. The summed E-state index contributed by atoms with van der Waals surface area (Å²) in [6.45, 7) is 0. The maximum Gasteiger partial charge on any atom is 0.258 e. The van der Waals surface area contributed by atoms with Crippen molar-refractivity contribution >= 4 is 17.5 Å². The first kappa shape index (κ1) is 12.0. The molecule has 0 radical (unpaired) electrons. The highest BCUT2D eigenvalue weighted by atomic mass is 35.5. The van der Waals surface area contributed by atoms with Gasteiger partial charge in [0, 0.05) is 0 Å². The van der Waals surface area contributed by atoms with Gasteiger partial charge in [0.15, 0.2) is 0 Å². The first-order valence-electron chi connectivity index (χ1n) is 5.67. The van der Waals surface area contributed by atoms with Gasteiger partial charge in [-0.2, -0.15) is 0 Å². The van der Waals surface area contributed by atoms with Crippen molar-refractivity contribution in [1.82, 2.24) is 5.32 Å². The maximum atomic E-state index is 13.8. The van der Waals surface area contributed by atoms with Gasteiger partial charge >= 0.3 is 0 Å². The minimum Gasteiger partial charge on any atom is -0.465 e. The van der Waals surface area contributed by atoms with Crippen LogP contribution in [0.1, 0.15) is 22.1 Å². The minimum atomic E-state index is -0.920. The summed E-state index contributed by atoms with van der Waals surface area (Å²) in [7, 11) is 0. The van der Waals surface area contributed by atoms with Gasteiger partial charge in [-0.15, -0.1) is 0 Å². The normalized spacial score (nSPS) is 17.4. The molecule has 1 atom stereocenters. The summed E-state index contributed by atoms with van der Waals surface area (Å²) < 4.78 is 19.4. The molecule has 2 aromatic rings. The molecular formula is C14H9ClFNO2. The van der Waals surface area contributed by atoms with Crippen LogP contribution in [0.4, 0.5) is 4.39 Å². The minimum absolute atomic E-state index is 0.131.